The van der Waals surface area contributed by atoms with Crippen LogP contribution in [0.2, 0.25) is 0 Å². The van der Waals surface area contributed by atoms with Crippen LogP contribution in [0.3, 0.4) is 0 Å². The Bertz CT molecular complexity index is 1000. The summed E-state index contributed by atoms with van der Waals surface area (Å²) in [5.74, 6) is -2.25. The Kier molecular flexibility index (Phi) is 15.1. The van der Waals surface area contributed by atoms with Crippen molar-refractivity contribution in [2.75, 3.05) is 39.5 Å². The summed E-state index contributed by atoms with van der Waals surface area (Å²) in [5.41, 5.74) is 0. The Balaban J connectivity index is 1.46. The first-order valence-electron chi connectivity index (χ1n) is 15.4. The molecular formula is C28H46N2O16. The standard InChI is InChI=1S/C28H46N2O16/c1-15-22(36)25(39)27(41)28(44-15)43-12-10-29(9-4-11-42-14-17-24(38)26(40)23(37)16(13-31)45-17)18(32)5-2-3-6-21(35)46-30-19(33)7-8-20(30)34/h15-17,22-28,31,36-41H,2-14H2,1H3/t15-,16+,17-,22+,23+,24+,25+,26-,27-,28+/m0/s1. The van der Waals surface area contributed by atoms with Crippen LogP contribution >= 0.6 is 0 Å². The third-order valence-electron chi connectivity index (χ3n) is 8.01. The lowest BCUT2D eigenvalue weighted by molar-refractivity contribution is -0.293. The van der Waals surface area contributed by atoms with E-state index in [4.69, 9.17) is 23.8 Å². The van der Waals surface area contributed by atoms with Crippen LogP contribution in [0.1, 0.15) is 51.9 Å². The molecule has 0 unspecified atom stereocenters. The molecule has 0 aromatic carbocycles. The minimum Gasteiger partial charge on any atom is -0.394 e. The van der Waals surface area contributed by atoms with E-state index in [1.54, 1.807) is 0 Å². The zero-order valence-corrected chi connectivity index (χ0v) is 25.7. The molecule has 3 amide bonds. The number of hydrogen-bond acceptors (Lipinski definition) is 16. The fourth-order valence-electron chi connectivity index (χ4n) is 5.17. The summed E-state index contributed by atoms with van der Waals surface area (Å²) in [6, 6.07) is 0. The number of nitrogens with zero attached hydrogens (tertiary/aromatic N) is 2. The minimum atomic E-state index is -1.53. The van der Waals surface area contributed by atoms with E-state index in [2.05, 4.69) is 0 Å². The largest absolute Gasteiger partial charge is 0.394 e. The second kappa shape index (κ2) is 18.3. The number of aliphatic hydroxyl groups is 7. The van der Waals surface area contributed by atoms with Gasteiger partial charge in [0, 0.05) is 45.4 Å². The molecular weight excluding hydrogens is 620 g/mol. The van der Waals surface area contributed by atoms with Crippen LogP contribution in [-0.4, -0.2) is 170 Å². The highest BCUT2D eigenvalue weighted by Crippen LogP contribution is 2.23. The van der Waals surface area contributed by atoms with E-state index in [1.165, 1.54) is 11.8 Å². The Labute approximate surface area is 265 Å². The average molecular weight is 667 g/mol. The SMILES string of the molecule is C[C@@H]1O[C@@H](OCCN(CCCOC[C@@H]2O[C@H](CO)[C@@H](O)[C@H](O)[C@@H]2O)C(=O)CCCCC(=O)ON2C(=O)CCC2=O)[C@@H](O)[C@H](O)[C@@H]1O. The lowest BCUT2D eigenvalue weighted by Crippen LogP contribution is -2.59. The van der Waals surface area contributed by atoms with Crippen molar-refractivity contribution in [2.24, 2.45) is 0 Å². The van der Waals surface area contributed by atoms with Gasteiger partial charge in [-0.15, -0.1) is 5.06 Å². The topological polar surface area (TPSA) is 263 Å². The summed E-state index contributed by atoms with van der Waals surface area (Å²) < 4.78 is 21.9. The Hall–Kier alpha value is -2.36. The van der Waals surface area contributed by atoms with Crippen LogP contribution in [0.15, 0.2) is 0 Å². The molecule has 18 heteroatoms. The van der Waals surface area contributed by atoms with Crippen molar-refractivity contribution < 1.29 is 78.7 Å². The molecule has 0 spiro atoms. The van der Waals surface area contributed by atoms with Gasteiger partial charge in [-0.1, -0.05) is 0 Å². The quantitative estimate of drug-likeness (QED) is 0.0577. The van der Waals surface area contributed by atoms with Gasteiger partial charge in [0.05, 0.1) is 25.9 Å². The van der Waals surface area contributed by atoms with Gasteiger partial charge in [0.15, 0.2) is 6.29 Å². The van der Waals surface area contributed by atoms with Gasteiger partial charge < -0.3 is 64.4 Å². The lowest BCUT2D eigenvalue weighted by atomic mass is 9.95. The number of hydrogen-bond donors (Lipinski definition) is 7. The number of carbonyl (C=O) groups excluding carboxylic acids is 4. The highest BCUT2D eigenvalue weighted by Gasteiger charge is 2.44. The maximum atomic E-state index is 13.1. The molecule has 3 aliphatic heterocycles. The summed E-state index contributed by atoms with van der Waals surface area (Å²) in [7, 11) is 0. The first kappa shape index (κ1) is 38.1. The molecule has 3 rings (SSSR count). The van der Waals surface area contributed by atoms with Gasteiger partial charge in [0.2, 0.25) is 5.91 Å². The minimum absolute atomic E-state index is 0.0215. The Morgan fingerprint density at radius 1 is 0.804 bits per heavy atom. The second-order valence-electron chi connectivity index (χ2n) is 11.5. The van der Waals surface area contributed by atoms with Crippen LogP contribution < -0.4 is 0 Å². The van der Waals surface area contributed by atoms with Crippen molar-refractivity contribution in [1.82, 2.24) is 9.96 Å². The Morgan fingerprint density at radius 2 is 1.43 bits per heavy atom. The van der Waals surface area contributed by atoms with Gasteiger partial charge in [-0.05, 0) is 26.2 Å². The van der Waals surface area contributed by atoms with Gasteiger partial charge in [-0.25, -0.2) is 4.79 Å². The van der Waals surface area contributed by atoms with E-state index >= 15 is 0 Å². The monoisotopic (exact) mass is 666 g/mol. The van der Waals surface area contributed by atoms with Gasteiger partial charge >= 0.3 is 5.97 Å². The maximum Gasteiger partial charge on any atom is 0.333 e. The van der Waals surface area contributed by atoms with E-state index in [0.29, 0.717) is 11.5 Å². The third-order valence-corrected chi connectivity index (χ3v) is 8.01. The number of rotatable bonds is 17. The first-order chi connectivity index (χ1) is 21.8. The highest BCUT2D eigenvalue weighted by molar-refractivity contribution is 6.01. The summed E-state index contributed by atoms with van der Waals surface area (Å²) in [4.78, 5) is 54.6. The molecule has 264 valence electrons. The van der Waals surface area contributed by atoms with Gasteiger partial charge in [-0.2, -0.15) is 0 Å². The fourth-order valence-corrected chi connectivity index (χ4v) is 5.17. The Morgan fingerprint density at radius 3 is 2.11 bits per heavy atom. The molecule has 46 heavy (non-hydrogen) atoms. The maximum absolute atomic E-state index is 13.1. The summed E-state index contributed by atoms with van der Waals surface area (Å²) in [6.07, 6.45) is -12.2. The number of hydroxylamine groups is 2. The molecule has 3 aliphatic rings. The average Bonchev–Trinajstić information content (AvgIpc) is 3.35. The molecule has 18 nitrogen and oxygen atoms in total. The van der Waals surface area contributed by atoms with Crippen molar-refractivity contribution in [1.29, 1.82) is 0 Å². The summed E-state index contributed by atoms with van der Waals surface area (Å²) in [5, 5.41) is 69.9. The van der Waals surface area contributed by atoms with Crippen LogP contribution in [0, 0.1) is 0 Å². The van der Waals surface area contributed by atoms with Crippen LogP contribution in [0.5, 0.6) is 0 Å². The third kappa shape index (κ3) is 10.3. The summed E-state index contributed by atoms with van der Waals surface area (Å²) >= 11 is 0. The molecule has 0 aliphatic carbocycles. The van der Waals surface area contributed by atoms with E-state index in [9.17, 15) is 54.9 Å². The smallest absolute Gasteiger partial charge is 0.333 e. The number of amides is 3. The number of unbranched alkanes of at least 4 members (excludes halogenated alkanes) is 1. The highest BCUT2D eigenvalue weighted by atomic mass is 16.7. The van der Waals surface area contributed by atoms with Crippen molar-refractivity contribution in [3.05, 3.63) is 0 Å². The van der Waals surface area contributed by atoms with E-state index in [-0.39, 0.29) is 77.3 Å². The fraction of sp³-hybridized carbons (Fsp3) is 0.857. The second-order valence-corrected chi connectivity index (χ2v) is 11.5. The first-order valence-corrected chi connectivity index (χ1v) is 15.4. The van der Waals surface area contributed by atoms with Crippen LogP contribution in [-0.2, 0) is 43.0 Å². The molecule has 3 saturated heterocycles. The predicted molar refractivity (Wildman–Crippen MR) is 150 cm³/mol. The van der Waals surface area contributed by atoms with Crippen molar-refractivity contribution in [3.8, 4) is 0 Å². The number of imide groups is 1. The van der Waals surface area contributed by atoms with Crippen molar-refractivity contribution >= 4 is 23.7 Å². The molecule has 0 aromatic heterocycles. The van der Waals surface area contributed by atoms with Crippen molar-refractivity contribution in [2.45, 2.75) is 113 Å². The summed E-state index contributed by atoms with van der Waals surface area (Å²) in [6.45, 7) is 1.01. The number of carbonyl (C=O) groups is 4. The van der Waals surface area contributed by atoms with E-state index in [1.807, 2.05) is 0 Å². The van der Waals surface area contributed by atoms with Gasteiger partial charge in [-0.3, -0.25) is 14.4 Å². The molecule has 0 radical (unpaired) electrons. The predicted octanol–water partition coefficient (Wildman–Crippen LogP) is -3.92. The molecule has 0 aromatic rings. The van der Waals surface area contributed by atoms with Crippen LogP contribution in [0.25, 0.3) is 0 Å². The molecule has 3 heterocycles. The van der Waals surface area contributed by atoms with E-state index < -0.39 is 85.6 Å². The lowest BCUT2D eigenvalue weighted by Gasteiger charge is -2.39. The molecule has 0 saturated carbocycles. The molecule has 10 atom stereocenters. The molecule has 3 fully saturated rings. The van der Waals surface area contributed by atoms with E-state index in [0.717, 1.165) is 0 Å². The van der Waals surface area contributed by atoms with Crippen LogP contribution in [0.4, 0.5) is 0 Å². The molecule has 7 N–H and O–H groups in total. The van der Waals surface area contributed by atoms with Gasteiger partial charge in [0.1, 0.15) is 48.8 Å². The normalized spacial score (nSPS) is 33.3. The zero-order chi connectivity index (χ0) is 34.0. The molecule has 0 bridgehead atoms. The van der Waals surface area contributed by atoms with Crippen molar-refractivity contribution in [3.63, 3.8) is 0 Å². The number of aliphatic hydroxyl groups excluding tert-OH is 7. The zero-order valence-electron chi connectivity index (χ0n) is 25.7. The number of ether oxygens (including phenoxy) is 4. The van der Waals surface area contributed by atoms with Gasteiger partial charge in [0.25, 0.3) is 11.8 Å².